The molecule has 1 aromatic heterocycles. The molecule has 2 saturated carbocycles. The second-order valence-electron chi connectivity index (χ2n) is 11.1. The van der Waals surface area contributed by atoms with Gasteiger partial charge in [-0.05, 0) is 75.1 Å². The summed E-state index contributed by atoms with van der Waals surface area (Å²) < 4.78 is 1.80. The Kier molecular flexibility index (Phi) is 6.50. The summed E-state index contributed by atoms with van der Waals surface area (Å²) in [6, 6.07) is 10.5. The van der Waals surface area contributed by atoms with Crippen LogP contribution in [0, 0.1) is 11.3 Å². The number of benzene rings is 1. The Bertz CT molecular complexity index is 1010. The molecule has 5 rings (SSSR count). The van der Waals surface area contributed by atoms with Crippen LogP contribution in [0.2, 0.25) is 0 Å². The van der Waals surface area contributed by atoms with Crippen molar-refractivity contribution < 1.29 is 9.59 Å². The van der Waals surface area contributed by atoms with Crippen LogP contribution in [0.3, 0.4) is 0 Å². The topological polar surface area (TPSA) is 67.2 Å². The maximum Gasteiger partial charge on any atom is 0.272 e. The lowest BCUT2D eigenvalue weighted by molar-refractivity contribution is -0.119. The molecule has 3 fully saturated rings. The lowest BCUT2D eigenvalue weighted by Gasteiger charge is -2.51. The molecule has 1 atom stereocenters. The normalized spacial score (nSPS) is 22.2. The standard InChI is InChI=1S/C28H38N4O2/c1-20(2)32-25(14-16-29-32)27(34)31-18-28(19-31)15-6-9-23(28)17-26(33)30-24-12-10-22(11-13-24)21-7-4-3-5-8-21/h10-14,16,20-21,23H,3-9,15,17-19H2,1-2H3,(H,30,33). The zero-order chi connectivity index (χ0) is 23.7. The number of carbonyl (C=O) groups excluding carboxylic acids is 2. The highest BCUT2D eigenvalue weighted by molar-refractivity contribution is 5.93. The molecule has 0 bridgehead atoms. The molecule has 2 heterocycles. The van der Waals surface area contributed by atoms with E-state index in [-0.39, 0.29) is 23.3 Å². The third kappa shape index (κ3) is 4.51. The van der Waals surface area contributed by atoms with E-state index in [4.69, 9.17) is 0 Å². The fourth-order valence-corrected chi connectivity index (χ4v) is 6.57. The summed E-state index contributed by atoms with van der Waals surface area (Å²) in [5.74, 6) is 1.18. The summed E-state index contributed by atoms with van der Waals surface area (Å²) >= 11 is 0. The van der Waals surface area contributed by atoms with Gasteiger partial charge in [-0.1, -0.05) is 37.8 Å². The third-order valence-corrected chi connectivity index (χ3v) is 8.47. The smallest absolute Gasteiger partial charge is 0.272 e. The number of nitrogens with one attached hydrogen (secondary N) is 1. The molecule has 2 aliphatic carbocycles. The molecule has 6 nitrogen and oxygen atoms in total. The van der Waals surface area contributed by atoms with Crippen molar-refractivity contribution in [2.75, 3.05) is 18.4 Å². The average Bonchev–Trinajstić information content (AvgIpc) is 3.46. The van der Waals surface area contributed by atoms with Crippen LogP contribution >= 0.6 is 0 Å². The zero-order valence-corrected chi connectivity index (χ0v) is 20.6. The molecule has 2 aromatic rings. The van der Waals surface area contributed by atoms with E-state index >= 15 is 0 Å². The number of hydrogen-bond donors (Lipinski definition) is 1. The second-order valence-corrected chi connectivity index (χ2v) is 11.1. The molecule has 1 aliphatic heterocycles. The minimum absolute atomic E-state index is 0.0602. The first-order valence-corrected chi connectivity index (χ1v) is 13.2. The van der Waals surface area contributed by atoms with E-state index in [1.807, 2.05) is 24.8 Å². The highest BCUT2D eigenvalue weighted by atomic mass is 16.2. The van der Waals surface area contributed by atoms with Gasteiger partial charge in [0, 0.05) is 42.9 Å². The Hall–Kier alpha value is -2.63. The van der Waals surface area contributed by atoms with Crippen molar-refractivity contribution in [3.63, 3.8) is 0 Å². The van der Waals surface area contributed by atoms with Gasteiger partial charge in [-0.2, -0.15) is 5.10 Å². The summed E-state index contributed by atoms with van der Waals surface area (Å²) in [6.07, 6.45) is 12.1. The number of hydrogen-bond acceptors (Lipinski definition) is 3. The van der Waals surface area contributed by atoms with Gasteiger partial charge in [-0.3, -0.25) is 14.3 Å². The van der Waals surface area contributed by atoms with Crippen LogP contribution in [0.25, 0.3) is 0 Å². The van der Waals surface area contributed by atoms with E-state index in [2.05, 4.69) is 34.7 Å². The molecule has 6 heteroatoms. The first-order chi connectivity index (χ1) is 16.4. The van der Waals surface area contributed by atoms with E-state index in [0.717, 1.165) is 38.0 Å². The molecule has 182 valence electrons. The number of nitrogens with zero attached hydrogens (tertiary/aromatic N) is 3. The van der Waals surface area contributed by atoms with Crippen LogP contribution in [0.1, 0.15) is 99.6 Å². The average molecular weight is 463 g/mol. The Morgan fingerprint density at radius 1 is 1.03 bits per heavy atom. The fourth-order valence-electron chi connectivity index (χ4n) is 6.57. The highest BCUT2D eigenvalue weighted by Crippen LogP contribution is 2.51. The van der Waals surface area contributed by atoms with Gasteiger partial charge in [0.1, 0.15) is 5.69 Å². The predicted molar refractivity (Wildman–Crippen MR) is 134 cm³/mol. The minimum atomic E-state index is 0.0602. The van der Waals surface area contributed by atoms with Gasteiger partial charge in [0.05, 0.1) is 0 Å². The number of rotatable bonds is 6. The lowest BCUT2D eigenvalue weighted by atomic mass is 9.70. The summed E-state index contributed by atoms with van der Waals surface area (Å²) in [4.78, 5) is 27.9. The maximum absolute atomic E-state index is 13.1. The molecule has 1 unspecified atom stereocenters. The highest BCUT2D eigenvalue weighted by Gasteiger charge is 2.53. The predicted octanol–water partition coefficient (Wildman–Crippen LogP) is 5.78. The molecule has 3 aliphatic rings. The Labute approximate surface area is 203 Å². The quantitative estimate of drug-likeness (QED) is 0.591. The van der Waals surface area contributed by atoms with Gasteiger partial charge in [0.2, 0.25) is 5.91 Å². The van der Waals surface area contributed by atoms with Crippen LogP contribution in [0.5, 0.6) is 0 Å². The van der Waals surface area contributed by atoms with Crippen LogP contribution in [0.4, 0.5) is 5.69 Å². The molecule has 0 radical (unpaired) electrons. The molecule has 1 aromatic carbocycles. The van der Waals surface area contributed by atoms with Crippen LogP contribution in [-0.2, 0) is 4.79 Å². The first kappa shape index (κ1) is 23.1. The van der Waals surface area contributed by atoms with Crippen molar-refractivity contribution in [2.24, 2.45) is 11.3 Å². The molecule has 34 heavy (non-hydrogen) atoms. The SMILES string of the molecule is CC(C)n1nccc1C(=O)N1CC2(CCCC2CC(=O)Nc2ccc(C3CCCCC3)cc2)C1. The first-order valence-electron chi connectivity index (χ1n) is 13.2. The second kappa shape index (κ2) is 9.55. The number of anilines is 1. The van der Waals surface area contributed by atoms with E-state index < -0.39 is 0 Å². The van der Waals surface area contributed by atoms with Crippen molar-refractivity contribution in [1.29, 1.82) is 0 Å². The van der Waals surface area contributed by atoms with Gasteiger partial charge in [-0.15, -0.1) is 0 Å². The van der Waals surface area contributed by atoms with E-state index in [1.54, 1.807) is 10.9 Å². The van der Waals surface area contributed by atoms with Gasteiger partial charge in [-0.25, -0.2) is 0 Å². The maximum atomic E-state index is 13.1. The number of aromatic nitrogens is 2. The minimum Gasteiger partial charge on any atom is -0.336 e. The van der Waals surface area contributed by atoms with E-state index in [9.17, 15) is 9.59 Å². The van der Waals surface area contributed by atoms with Crippen molar-refractivity contribution in [2.45, 2.75) is 83.6 Å². The van der Waals surface area contributed by atoms with Crippen molar-refractivity contribution >= 4 is 17.5 Å². The summed E-state index contributed by atoms with van der Waals surface area (Å²) in [7, 11) is 0. The van der Waals surface area contributed by atoms with Crippen molar-refractivity contribution in [3.05, 3.63) is 47.8 Å². The van der Waals surface area contributed by atoms with Crippen LogP contribution in [-0.4, -0.2) is 39.6 Å². The molecule has 1 spiro atoms. The summed E-state index contributed by atoms with van der Waals surface area (Å²) in [6.45, 7) is 5.58. The van der Waals surface area contributed by atoms with Crippen LogP contribution < -0.4 is 5.32 Å². The van der Waals surface area contributed by atoms with Gasteiger partial charge in [0.25, 0.3) is 5.91 Å². The molecule has 1 saturated heterocycles. The number of amides is 2. The molecule has 2 amide bonds. The molecular weight excluding hydrogens is 424 g/mol. The van der Waals surface area contributed by atoms with Gasteiger partial charge < -0.3 is 10.2 Å². The lowest BCUT2D eigenvalue weighted by Crippen LogP contribution is -2.60. The van der Waals surface area contributed by atoms with E-state index in [1.165, 1.54) is 37.7 Å². The largest absolute Gasteiger partial charge is 0.336 e. The summed E-state index contributed by atoms with van der Waals surface area (Å²) in [5.41, 5.74) is 3.06. The molecule has 1 N–H and O–H groups in total. The van der Waals surface area contributed by atoms with Crippen molar-refractivity contribution in [3.8, 4) is 0 Å². The monoisotopic (exact) mass is 462 g/mol. The Morgan fingerprint density at radius 3 is 2.47 bits per heavy atom. The third-order valence-electron chi connectivity index (χ3n) is 8.47. The van der Waals surface area contributed by atoms with Crippen LogP contribution in [0.15, 0.2) is 36.5 Å². The fraction of sp³-hybridized carbons (Fsp3) is 0.607. The number of carbonyl (C=O) groups is 2. The summed E-state index contributed by atoms with van der Waals surface area (Å²) in [5, 5.41) is 7.44. The number of likely N-dealkylation sites (tertiary alicyclic amines) is 1. The zero-order valence-electron chi connectivity index (χ0n) is 20.6. The van der Waals surface area contributed by atoms with Crippen molar-refractivity contribution in [1.82, 2.24) is 14.7 Å². The Morgan fingerprint density at radius 2 is 1.76 bits per heavy atom. The molecular formula is C28H38N4O2. The van der Waals surface area contributed by atoms with E-state index in [0.29, 0.717) is 24.0 Å². The van der Waals surface area contributed by atoms with Gasteiger partial charge >= 0.3 is 0 Å². The van der Waals surface area contributed by atoms with Gasteiger partial charge in [0.15, 0.2) is 0 Å². The Balaban J connectivity index is 1.15.